The van der Waals surface area contributed by atoms with Crippen LogP contribution in [0.3, 0.4) is 0 Å². The molecule has 0 fully saturated rings. The summed E-state index contributed by atoms with van der Waals surface area (Å²) in [7, 11) is 0. The van der Waals surface area contributed by atoms with Gasteiger partial charge in [0.15, 0.2) is 0 Å². The van der Waals surface area contributed by atoms with E-state index < -0.39 is 0 Å². The minimum atomic E-state index is 0.363. The molecule has 0 saturated carbocycles. The van der Waals surface area contributed by atoms with Crippen molar-refractivity contribution >= 4 is 0 Å². The van der Waals surface area contributed by atoms with Crippen molar-refractivity contribution in [3.05, 3.63) is 11.6 Å². The number of hydrogen-bond acceptors (Lipinski definition) is 0. The summed E-state index contributed by atoms with van der Waals surface area (Å²) in [5, 5.41) is 0. The van der Waals surface area contributed by atoms with E-state index in [2.05, 4.69) is 54.5 Å². The Balaban J connectivity index is 4.62. The lowest BCUT2D eigenvalue weighted by molar-refractivity contribution is 0.207. The minimum Gasteiger partial charge on any atom is -0.0879 e. The maximum Gasteiger partial charge on any atom is -0.0140 e. The Morgan fingerprint density at radius 1 is 1.07 bits per heavy atom. The largest absolute Gasteiger partial charge is 0.0879 e. The van der Waals surface area contributed by atoms with Gasteiger partial charge in [-0.3, -0.25) is 0 Å². The Labute approximate surface area is 97.2 Å². The van der Waals surface area contributed by atoms with Gasteiger partial charge < -0.3 is 0 Å². The molecule has 0 aromatic heterocycles. The second-order valence-corrected chi connectivity index (χ2v) is 6.14. The predicted molar refractivity (Wildman–Crippen MR) is 71.1 cm³/mol. The van der Waals surface area contributed by atoms with Crippen molar-refractivity contribution in [1.82, 2.24) is 0 Å². The van der Waals surface area contributed by atoms with E-state index in [-0.39, 0.29) is 0 Å². The molecule has 0 amide bonds. The smallest absolute Gasteiger partial charge is 0.0140 e. The van der Waals surface area contributed by atoms with E-state index in [1.54, 1.807) is 5.57 Å². The van der Waals surface area contributed by atoms with Gasteiger partial charge >= 0.3 is 0 Å². The highest BCUT2D eigenvalue weighted by Crippen LogP contribution is 2.42. The summed E-state index contributed by atoms with van der Waals surface area (Å²) in [6, 6.07) is 0. The summed E-state index contributed by atoms with van der Waals surface area (Å²) in [6.45, 7) is 16.3. The van der Waals surface area contributed by atoms with Gasteiger partial charge in [0.05, 0.1) is 0 Å². The Kier molecular flexibility index (Phi) is 5.62. The average Bonchev–Trinajstić information content (AvgIpc) is 2.02. The molecule has 0 aromatic carbocycles. The van der Waals surface area contributed by atoms with E-state index >= 15 is 0 Å². The molecule has 90 valence electrons. The van der Waals surface area contributed by atoms with Crippen molar-refractivity contribution < 1.29 is 0 Å². The monoisotopic (exact) mass is 210 g/mol. The SMILES string of the molecule is CC=C(CC)C(C)(C)CC(C)(C)CCC. The van der Waals surface area contributed by atoms with E-state index in [1.165, 1.54) is 25.7 Å². The van der Waals surface area contributed by atoms with E-state index in [1.807, 2.05) is 0 Å². The molecule has 0 bridgehead atoms. The van der Waals surface area contributed by atoms with Crippen molar-refractivity contribution in [2.45, 2.75) is 74.1 Å². The molecule has 15 heavy (non-hydrogen) atoms. The summed E-state index contributed by atoms with van der Waals surface area (Å²) in [5.74, 6) is 0. The van der Waals surface area contributed by atoms with Crippen molar-refractivity contribution in [3.8, 4) is 0 Å². The Bertz CT molecular complexity index is 206. The van der Waals surface area contributed by atoms with E-state index in [0.717, 1.165) is 0 Å². The van der Waals surface area contributed by atoms with Crippen LogP contribution in [0.2, 0.25) is 0 Å². The molecule has 0 spiro atoms. The fourth-order valence-electron chi connectivity index (χ4n) is 3.15. The van der Waals surface area contributed by atoms with Crippen molar-refractivity contribution in [1.29, 1.82) is 0 Å². The first kappa shape index (κ1) is 14.7. The van der Waals surface area contributed by atoms with Crippen LogP contribution in [0.15, 0.2) is 11.6 Å². The van der Waals surface area contributed by atoms with Gasteiger partial charge in [0.2, 0.25) is 0 Å². The number of hydrogen-bond donors (Lipinski definition) is 0. The van der Waals surface area contributed by atoms with Crippen LogP contribution in [0.4, 0.5) is 0 Å². The van der Waals surface area contributed by atoms with Crippen molar-refractivity contribution in [3.63, 3.8) is 0 Å². The molecule has 0 heterocycles. The van der Waals surface area contributed by atoms with Gasteiger partial charge in [0, 0.05) is 0 Å². The van der Waals surface area contributed by atoms with Gasteiger partial charge in [-0.2, -0.15) is 0 Å². The summed E-state index contributed by atoms with van der Waals surface area (Å²) >= 11 is 0. The molecule has 0 N–H and O–H groups in total. The zero-order valence-electron chi connectivity index (χ0n) is 11.9. The third kappa shape index (κ3) is 4.86. The first-order valence-electron chi connectivity index (χ1n) is 6.44. The van der Waals surface area contributed by atoms with Crippen LogP contribution in [0.1, 0.15) is 74.1 Å². The molecular formula is C15H30. The lowest BCUT2D eigenvalue weighted by atomic mass is 9.69. The highest BCUT2D eigenvalue weighted by Gasteiger charge is 2.29. The Morgan fingerprint density at radius 2 is 1.60 bits per heavy atom. The van der Waals surface area contributed by atoms with Crippen LogP contribution in [0.5, 0.6) is 0 Å². The Hall–Kier alpha value is -0.260. The average molecular weight is 210 g/mol. The quantitative estimate of drug-likeness (QED) is 0.502. The molecule has 0 aliphatic rings. The summed E-state index contributed by atoms with van der Waals surface area (Å²) in [4.78, 5) is 0. The highest BCUT2D eigenvalue weighted by molar-refractivity contribution is 5.11. The number of allylic oxidation sites excluding steroid dienone is 2. The van der Waals surface area contributed by atoms with Crippen LogP contribution in [0.25, 0.3) is 0 Å². The third-order valence-corrected chi connectivity index (χ3v) is 3.45. The van der Waals surface area contributed by atoms with Crippen LogP contribution in [0, 0.1) is 10.8 Å². The second kappa shape index (κ2) is 5.72. The van der Waals surface area contributed by atoms with Gasteiger partial charge in [0.25, 0.3) is 0 Å². The zero-order valence-corrected chi connectivity index (χ0v) is 11.9. The maximum atomic E-state index is 2.40. The summed E-state index contributed by atoms with van der Waals surface area (Å²) in [5.41, 5.74) is 2.44. The molecule has 0 atom stereocenters. The molecular weight excluding hydrogens is 180 g/mol. The summed E-state index contributed by atoms with van der Waals surface area (Å²) in [6.07, 6.45) is 7.41. The van der Waals surface area contributed by atoms with Crippen LogP contribution in [-0.4, -0.2) is 0 Å². The van der Waals surface area contributed by atoms with Crippen molar-refractivity contribution in [2.24, 2.45) is 10.8 Å². The fraction of sp³-hybridized carbons (Fsp3) is 0.867. The standard InChI is InChI=1S/C15H30/c1-8-11-14(4,5)12-15(6,7)13(9-2)10-3/h9H,8,10-12H2,1-7H3. The second-order valence-electron chi connectivity index (χ2n) is 6.14. The highest BCUT2D eigenvalue weighted by atomic mass is 14.3. The van der Waals surface area contributed by atoms with E-state index in [4.69, 9.17) is 0 Å². The lowest BCUT2D eigenvalue weighted by Crippen LogP contribution is -2.24. The van der Waals surface area contributed by atoms with Gasteiger partial charge in [-0.05, 0) is 37.0 Å². The molecule has 0 aromatic rings. The molecule has 0 heteroatoms. The summed E-state index contributed by atoms with van der Waals surface area (Å²) < 4.78 is 0. The normalized spacial score (nSPS) is 14.5. The van der Waals surface area contributed by atoms with Gasteiger partial charge in [-0.25, -0.2) is 0 Å². The molecule has 0 radical (unpaired) electrons. The van der Waals surface area contributed by atoms with Crippen LogP contribution < -0.4 is 0 Å². The first-order valence-corrected chi connectivity index (χ1v) is 6.44. The van der Waals surface area contributed by atoms with Gasteiger partial charge in [-0.1, -0.05) is 59.6 Å². The molecule has 0 unspecified atom stereocenters. The predicted octanol–water partition coefficient (Wildman–Crippen LogP) is 5.59. The fourth-order valence-corrected chi connectivity index (χ4v) is 3.15. The van der Waals surface area contributed by atoms with Crippen LogP contribution in [-0.2, 0) is 0 Å². The lowest BCUT2D eigenvalue weighted by Gasteiger charge is -2.36. The minimum absolute atomic E-state index is 0.363. The first-order chi connectivity index (χ1) is 6.79. The molecule has 0 nitrogen and oxygen atoms in total. The molecule has 0 rings (SSSR count). The molecule has 0 saturated heterocycles. The van der Waals surface area contributed by atoms with E-state index in [0.29, 0.717) is 10.8 Å². The van der Waals surface area contributed by atoms with E-state index in [9.17, 15) is 0 Å². The third-order valence-electron chi connectivity index (χ3n) is 3.45. The van der Waals surface area contributed by atoms with Gasteiger partial charge in [0.1, 0.15) is 0 Å². The topological polar surface area (TPSA) is 0 Å². The van der Waals surface area contributed by atoms with Crippen molar-refractivity contribution in [2.75, 3.05) is 0 Å². The van der Waals surface area contributed by atoms with Gasteiger partial charge in [-0.15, -0.1) is 0 Å². The number of rotatable bonds is 6. The zero-order chi connectivity index (χ0) is 12.1. The molecule has 0 aliphatic carbocycles. The maximum absolute atomic E-state index is 2.40. The Morgan fingerprint density at radius 3 is 1.93 bits per heavy atom. The molecule has 0 aliphatic heterocycles. The van der Waals surface area contributed by atoms with Crippen LogP contribution >= 0.6 is 0 Å².